The van der Waals surface area contributed by atoms with Crippen molar-refractivity contribution in [1.29, 1.82) is 0 Å². The summed E-state index contributed by atoms with van der Waals surface area (Å²) in [4.78, 5) is 25.7. The van der Waals surface area contributed by atoms with Gasteiger partial charge in [0.15, 0.2) is 0 Å². The topological polar surface area (TPSA) is 58.6 Å². The van der Waals surface area contributed by atoms with Gasteiger partial charge in [-0.1, -0.05) is 24.6 Å². The van der Waals surface area contributed by atoms with Gasteiger partial charge < -0.3 is 15.0 Å². The van der Waals surface area contributed by atoms with E-state index in [9.17, 15) is 9.59 Å². The Morgan fingerprint density at radius 2 is 1.91 bits per heavy atom. The van der Waals surface area contributed by atoms with Crippen LogP contribution in [0.15, 0.2) is 24.3 Å². The zero-order chi connectivity index (χ0) is 17.0. The summed E-state index contributed by atoms with van der Waals surface area (Å²) in [6.07, 6.45) is 2.68. The largest absolute Gasteiger partial charge is 0.444 e. The first kappa shape index (κ1) is 17.3. The summed E-state index contributed by atoms with van der Waals surface area (Å²) in [6.45, 7) is 5.90. The summed E-state index contributed by atoms with van der Waals surface area (Å²) < 4.78 is 5.36. The van der Waals surface area contributed by atoms with E-state index in [0.29, 0.717) is 6.54 Å². The molecule has 5 nitrogen and oxygen atoms in total. The number of carbonyl (C=O) groups is 2. The van der Waals surface area contributed by atoms with Gasteiger partial charge in [0.1, 0.15) is 5.60 Å². The second-order valence-corrected chi connectivity index (χ2v) is 7.11. The number of anilines is 1. The van der Waals surface area contributed by atoms with Crippen LogP contribution in [-0.4, -0.2) is 29.5 Å². The van der Waals surface area contributed by atoms with Crippen LogP contribution in [0.25, 0.3) is 0 Å². The van der Waals surface area contributed by atoms with Crippen LogP contribution in [0.4, 0.5) is 10.5 Å². The molecule has 1 aromatic carbocycles. The third kappa shape index (κ3) is 4.98. The van der Waals surface area contributed by atoms with E-state index in [4.69, 9.17) is 4.74 Å². The minimum absolute atomic E-state index is 0.0728. The van der Waals surface area contributed by atoms with Gasteiger partial charge >= 0.3 is 6.09 Å². The van der Waals surface area contributed by atoms with Crippen LogP contribution in [0.1, 0.15) is 45.6 Å². The molecular formula is C18H26N2O3. The van der Waals surface area contributed by atoms with E-state index < -0.39 is 5.60 Å². The monoisotopic (exact) mass is 318 g/mol. The van der Waals surface area contributed by atoms with Gasteiger partial charge in [0.25, 0.3) is 0 Å². The van der Waals surface area contributed by atoms with E-state index in [1.54, 1.807) is 7.05 Å². The number of nitrogens with one attached hydrogen (secondary N) is 1. The zero-order valence-electron chi connectivity index (χ0n) is 14.4. The van der Waals surface area contributed by atoms with Gasteiger partial charge in [-0.2, -0.15) is 0 Å². The smallest absolute Gasteiger partial charge is 0.410 e. The molecule has 1 aliphatic carbocycles. The molecule has 1 aromatic rings. The van der Waals surface area contributed by atoms with Crippen LogP contribution in [0.3, 0.4) is 0 Å². The van der Waals surface area contributed by atoms with Crippen molar-refractivity contribution >= 4 is 17.7 Å². The van der Waals surface area contributed by atoms with Crippen LogP contribution >= 0.6 is 0 Å². The maximum atomic E-state index is 12.1. The Bertz CT molecular complexity index is 574. The van der Waals surface area contributed by atoms with E-state index in [1.807, 2.05) is 45.0 Å². The molecule has 0 saturated heterocycles. The van der Waals surface area contributed by atoms with Crippen molar-refractivity contribution in [1.82, 2.24) is 4.90 Å². The number of nitrogens with zero attached hydrogens (tertiary/aromatic N) is 1. The Morgan fingerprint density at radius 3 is 2.48 bits per heavy atom. The first-order valence-corrected chi connectivity index (χ1v) is 8.09. The average molecular weight is 318 g/mol. The number of ether oxygens (including phenoxy) is 1. The van der Waals surface area contributed by atoms with Crippen LogP contribution in [0.5, 0.6) is 0 Å². The van der Waals surface area contributed by atoms with Crippen molar-refractivity contribution in [3.8, 4) is 0 Å². The lowest BCUT2D eigenvalue weighted by atomic mass is 9.85. The molecule has 5 heteroatoms. The highest BCUT2D eigenvalue weighted by Gasteiger charge is 2.26. The standard InChI is InChI=1S/C18H26N2O3/c1-18(2,3)23-17(22)20(4)12-14-8-5-6-11-15(14)19-16(21)13-9-7-10-13/h5-6,8,11,13H,7,9-10,12H2,1-4H3,(H,19,21). The van der Waals surface area contributed by atoms with Gasteiger partial charge in [0.2, 0.25) is 5.91 Å². The molecule has 1 saturated carbocycles. The van der Waals surface area contributed by atoms with E-state index in [1.165, 1.54) is 4.90 Å². The van der Waals surface area contributed by atoms with Gasteiger partial charge in [-0.05, 0) is 45.2 Å². The third-order valence-corrected chi connectivity index (χ3v) is 3.86. The minimum Gasteiger partial charge on any atom is -0.444 e. The Hall–Kier alpha value is -2.04. The molecule has 0 bridgehead atoms. The molecule has 0 unspecified atom stereocenters. The summed E-state index contributed by atoms with van der Waals surface area (Å²) in [7, 11) is 1.69. The Morgan fingerprint density at radius 1 is 1.26 bits per heavy atom. The summed E-state index contributed by atoms with van der Waals surface area (Å²) in [5.74, 6) is 0.204. The molecule has 0 aromatic heterocycles. The average Bonchev–Trinajstić information content (AvgIpc) is 2.36. The Balaban J connectivity index is 2.01. The first-order valence-electron chi connectivity index (χ1n) is 8.09. The van der Waals surface area contributed by atoms with Crippen molar-refractivity contribution in [2.45, 2.75) is 52.2 Å². The van der Waals surface area contributed by atoms with E-state index in [0.717, 1.165) is 30.5 Å². The normalized spacial score (nSPS) is 14.8. The minimum atomic E-state index is -0.525. The van der Waals surface area contributed by atoms with Crippen LogP contribution in [0.2, 0.25) is 0 Å². The second-order valence-electron chi connectivity index (χ2n) is 7.11. The summed E-state index contributed by atoms with van der Waals surface area (Å²) in [5, 5.41) is 2.99. The first-order chi connectivity index (χ1) is 10.8. The number of para-hydroxylation sites is 1. The van der Waals surface area contributed by atoms with E-state index >= 15 is 0 Å². The lowest BCUT2D eigenvalue weighted by molar-refractivity contribution is -0.122. The quantitative estimate of drug-likeness (QED) is 0.919. The van der Waals surface area contributed by atoms with Crippen molar-refractivity contribution < 1.29 is 14.3 Å². The van der Waals surface area contributed by atoms with Crippen LogP contribution in [0, 0.1) is 5.92 Å². The highest BCUT2D eigenvalue weighted by molar-refractivity contribution is 5.93. The Kier molecular flexibility index (Phi) is 5.29. The zero-order valence-corrected chi connectivity index (χ0v) is 14.4. The maximum absolute atomic E-state index is 12.1. The Labute approximate surface area is 138 Å². The SMILES string of the molecule is CN(Cc1ccccc1NC(=O)C1CCC1)C(=O)OC(C)(C)C. The van der Waals surface area contributed by atoms with Gasteiger partial charge in [-0.25, -0.2) is 4.79 Å². The molecule has 2 rings (SSSR count). The fourth-order valence-electron chi connectivity index (χ4n) is 2.35. The molecule has 1 aliphatic rings. The number of hydrogen-bond donors (Lipinski definition) is 1. The third-order valence-electron chi connectivity index (χ3n) is 3.86. The summed E-state index contributed by atoms with van der Waals surface area (Å²) in [6, 6.07) is 7.57. The number of hydrogen-bond acceptors (Lipinski definition) is 3. The lowest BCUT2D eigenvalue weighted by Gasteiger charge is -2.26. The van der Waals surface area contributed by atoms with Crippen molar-refractivity contribution in [3.63, 3.8) is 0 Å². The highest BCUT2D eigenvalue weighted by atomic mass is 16.6. The predicted molar refractivity (Wildman–Crippen MR) is 90.1 cm³/mol. The molecule has 23 heavy (non-hydrogen) atoms. The molecule has 0 spiro atoms. The summed E-state index contributed by atoms with van der Waals surface area (Å²) >= 11 is 0. The molecule has 0 heterocycles. The highest BCUT2D eigenvalue weighted by Crippen LogP contribution is 2.28. The number of rotatable bonds is 4. The molecule has 1 N–H and O–H groups in total. The van der Waals surface area contributed by atoms with Gasteiger partial charge in [0, 0.05) is 18.7 Å². The number of amides is 2. The lowest BCUT2D eigenvalue weighted by Crippen LogP contribution is -2.34. The number of carbonyl (C=O) groups excluding carboxylic acids is 2. The fraction of sp³-hybridized carbons (Fsp3) is 0.556. The van der Waals surface area contributed by atoms with Gasteiger partial charge in [-0.3, -0.25) is 4.79 Å². The second kappa shape index (κ2) is 7.02. The molecule has 0 radical (unpaired) electrons. The van der Waals surface area contributed by atoms with E-state index in [-0.39, 0.29) is 17.9 Å². The van der Waals surface area contributed by atoms with Crippen molar-refractivity contribution in [2.75, 3.05) is 12.4 Å². The van der Waals surface area contributed by atoms with Crippen molar-refractivity contribution in [3.05, 3.63) is 29.8 Å². The predicted octanol–water partition coefficient (Wildman–Crippen LogP) is 3.79. The maximum Gasteiger partial charge on any atom is 0.410 e. The number of benzene rings is 1. The molecule has 0 atom stereocenters. The van der Waals surface area contributed by atoms with Crippen molar-refractivity contribution in [2.24, 2.45) is 5.92 Å². The molecule has 1 fully saturated rings. The van der Waals surface area contributed by atoms with Crippen LogP contribution in [-0.2, 0) is 16.1 Å². The van der Waals surface area contributed by atoms with Gasteiger partial charge in [-0.15, -0.1) is 0 Å². The summed E-state index contributed by atoms with van der Waals surface area (Å²) in [5.41, 5.74) is 1.14. The van der Waals surface area contributed by atoms with E-state index in [2.05, 4.69) is 5.32 Å². The molecule has 2 amide bonds. The molecule has 0 aliphatic heterocycles. The molecular weight excluding hydrogens is 292 g/mol. The molecule has 126 valence electrons. The van der Waals surface area contributed by atoms with Crippen LogP contribution < -0.4 is 5.32 Å². The van der Waals surface area contributed by atoms with Gasteiger partial charge in [0.05, 0.1) is 6.54 Å². The fourth-order valence-corrected chi connectivity index (χ4v) is 2.35.